The maximum absolute atomic E-state index is 13.8. The van der Waals surface area contributed by atoms with Crippen molar-refractivity contribution in [1.29, 1.82) is 0 Å². The zero-order valence-electron chi connectivity index (χ0n) is 18.0. The highest BCUT2D eigenvalue weighted by Crippen LogP contribution is 2.40. The van der Waals surface area contributed by atoms with Crippen LogP contribution in [0.15, 0.2) is 75.9 Å². The van der Waals surface area contributed by atoms with E-state index in [2.05, 4.69) is 17.6 Å². The molecule has 6 rings (SSSR count). The first-order valence-electron chi connectivity index (χ1n) is 11.1. The third-order valence-electron chi connectivity index (χ3n) is 7.02. The molecule has 2 heterocycles. The van der Waals surface area contributed by atoms with Gasteiger partial charge in [-0.3, -0.25) is 4.79 Å². The minimum Gasteiger partial charge on any atom is -0.455 e. The summed E-state index contributed by atoms with van der Waals surface area (Å²) < 4.78 is 6.54. The number of hydrazine groups is 1. The number of nitrogens with two attached hydrogens (primary N) is 1. The molecular formula is C27H25N3O2. The van der Waals surface area contributed by atoms with Crippen LogP contribution in [-0.2, 0) is 12.1 Å². The molecule has 0 radical (unpaired) electrons. The summed E-state index contributed by atoms with van der Waals surface area (Å²) in [5.74, 6) is 0.602. The van der Waals surface area contributed by atoms with Gasteiger partial charge in [-0.2, -0.15) is 0 Å². The lowest BCUT2D eigenvalue weighted by atomic mass is 9.72. The molecule has 1 fully saturated rings. The van der Waals surface area contributed by atoms with Crippen molar-refractivity contribution in [2.75, 3.05) is 12.1 Å². The monoisotopic (exact) mass is 423 g/mol. The molecule has 2 aliphatic rings. The second kappa shape index (κ2) is 7.05. The fraction of sp³-hybridized carbons (Fsp3) is 0.222. The average molecular weight is 424 g/mol. The molecule has 0 amide bonds. The minimum absolute atomic E-state index is 0.0127. The Kier molecular flexibility index (Phi) is 4.25. The zero-order valence-corrected chi connectivity index (χ0v) is 18.0. The van der Waals surface area contributed by atoms with Crippen LogP contribution >= 0.6 is 0 Å². The van der Waals surface area contributed by atoms with Crippen molar-refractivity contribution in [3.05, 3.63) is 88.1 Å². The second-order valence-electron chi connectivity index (χ2n) is 8.92. The van der Waals surface area contributed by atoms with Gasteiger partial charge in [0.2, 0.25) is 5.43 Å². The summed E-state index contributed by atoms with van der Waals surface area (Å²) in [5.41, 5.74) is 15.7. The first-order valence-corrected chi connectivity index (χ1v) is 11.1. The predicted octanol–water partition coefficient (Wildman–Crippen LogP) is 4.92. The third-order valence-corrected chi connectivity index (χ3v) is 7.02. The maximum atomic E-state index is 13.8. The first-order chi connectivity index (χ1) is 15.5. The molecule has 1 saturated carbocycles. The van der Waals surface area contributed by atoms with Gasteiger partial charge < -0.3 is 15.2 Å². The van der Waals surface area contributed by atoms with Gasteiger partial charge in [0.1, 0.15) is 11.3 Å². The topological polar surface area (TPSA) is 71.5 Å². The number of rotatable bonds is 3. The van der Waals surface area contributed by atoms with Gasteiger partial charge in [0, 0.05) is 30.3 Å². The van der Waals surface area contributed by atoms with Gasteiger partial charge in [0.05, 0.1) is 16.6 Å². The van der Waals surface area contributed by atoms with Crippen molar-refractivity contribution in [3.63, 3.8) is 0 Å². The Hall–Kier alpha value is -3.41. The van der Waals surface area contributed by atoms with Crippen LogP contribution < -0.4 is 21.6 Å². The quantitative estimate of drug-likeness (QED) is 0.489. The summed E-state index contributed by atoms with van der Waals surface area (Å²) in [4.78, 5) is 13.8. The van der Waals surface area contributed by atoms with Crippen LogP contribution in [0.3, 0.4) is 0 Å². The molecule has 0 bridgehead atoms. The lowest BCUT2D eigenvalue weighted by molar-refractivity contribution is 0.253. The van der Waals surface area contributed by atoms with Crippen molar-refractivity contribution in [1.82, 2.24) is 5.43 Å². The van der Waals surface area contributed by atoms with E-state index < -0.39 is 0 Å². The molecule has 5 heteroatoms. The predicted molar refractivity (Wildman–Crippen MR) is 128 cm³/mol. The van der Waals surface area contributed by atoms with Gasteiger partial charge >= 0.3 is 0 Å². The van der Waals surface area contributed by atoms with E-state index >= 15 is 0 Å². The Labute approximate surface area is 186 Å². The average Bonchev–Trinajstić information content (AvgIpc) is 3.19. The van der Waals surface area contributed by atoms with E-state index in [9.17, 15) is 4.79 Å². The van der Waals surface area contributed by atoms with Crippen molar-refractivity contribution in [2.45, 2.75) is 31.3 Å². The molecule has 0 saturated heterocycles. The second-order valence-corrected chi connectivity index (χ2v) is 8.92. The standard InChI is InChI=1S/C27H25N3O2/c1-30-22-13-12-20-24(31)23(17-8-10-19(11-9-17)27(28)14-5-15-27)25(18-6-3-2-4-7-18)32-26(20)21(22)16-29-30/h2-4,6-13,29H,5,14-16,28H2,1H3. The maximum Gasteiger partial charge on any atom is 0.201 e. The Bertz CT molecular complexity index is 1390. The number of nitrogens with zero attached hydrogens (tertiary/aromatic N) is 1. The van der Waals surface area contributed by atoms with Crippen LogP contribution in [0.1, 0.15) is 30.4 Å². The van der Waals surface area contributed by atoms with Gasteiger partial charge in [0.25, 0.3) is 0 Å². The van der Waals surface area contributed by atoms with Crippen LogP contribution in [-0.4, -0.2) is 7.05 Å². The van der Waals surface area contributed by atoms with Gasteiger partial charge in [0.15, 0.2) is 0 Å². The van der Waals surface area contributed by atoms with E-state index in [0.29, 0.717) is 28.8 Å². The number of anilines is 1. The first kappa shape index (κ1) is 19.3. The van der Waals surface area contributed by atoms with Crippen LogP contribution in [0.4, 0.5) is 5.69 Å². The minimum atomic E-state index is -0.228. The highest BCUT2D eigenvalue weighted by molar-refractivity contribution is 5.93. The Morgan fingerprint density at radius 3 is 2.41 bits per heavy atom. The van der Waals surface area contributed by atoms with Crippen LogP contribution in [0.25, 0.3) is 33.4 Å². The highest BCUT2D eigenvalue weighted by atomic mass is 16.3. The molecule has 4 aromatic rings. The SMILES string of the molecule is CN1NCc2c1ccc1c(=O)c(-c3ccc(C4(N)CCC4)cc3)c(-c3ccccc3)oc21. The Balaban J connectivity index is 1.60. The molecule has 1 aromatic heterocycles. The van der Waals surface area contributed by atoms with Gasteiger partial charge in [-0.1, -0.05) is 54.6 Å². The van der Waals surface area contributed by atoms with E-state index in [1.54, 1.807) is 0 Å². The van der Waals surface area contributed by atoms with Crippen LogP contribution in [0.5, 0.6) is 0 Å². The molecule has 1 aliphatic carbocycles. The number of hydrogen-bond acceptors (Lipinski definition) is 5. The fourth-order valence-electron chi connectivity index (χ4n) is 4.94. The lowest BCUT2D eigenvalue weighted by Crippen LogP contribution is -2.43. The Morgan fingerprint density at radius 2 is 1.72 bits per heavy atom. The van der Waals surface area contributed by atoms with Crippen molar-refractivity contribution >= 4 is 16.7 Å². The van der Waals surface area contributed by atoms with E-state index in [1.807, 2.05) is 66.7 Å². The molecule has 0 spiro atoms. The summed E-state index contributed by atoms with van der Waals surface area (Å²) in [7, 11) is 1.97. The third kappa shape index (κ3) is 2.82. The molecule has 0 unspecified atom stereocenters. The number of benzene rings is 3. The van der Waals surface area contributed by atoms with Crippen LogP contribution in [0, 0.1) is 0 Å². The molecule has 32 heavy (non-hydrogen) atoms. The van der Waals surface area contributed by atoms with Gasteiger partial charge in [-0.25, -0.2) is 5.43 Å². The highest BCUT2D eigenvalue weighted by Gasteiger charge is 2.34. The van der Waals surface area contributed by atoms with Crippen LogP contribution in [0.2, 0.25) is 0 Å². The van der Waals surface area contributed by atoms with Gasteiger partial charge in [-0.15, -0.1) is 0 Å². The summed E-state index contributed by atoms with van der Waals surface area (Å²) in [6.07, 6.45) is 3.18. The summed E-state index contributed by atoms with van der Waals surface area (Å²) in [6, 6.07) is 21.9. The lowest BCUT2D eigenvalue weighted by Gasteiger charge is -2.38. The van der Waals surface area contributed by atoms with Crippen molar-refractivity contribution in [2.24, 2.45) is 5.73 Å². The smallest absolute Gasteiger partial charge is 0.201 e. The molecule has 5 nitrogen and oxygen atoms in total. The fourth-order valence-corrected chi connectivity index (χ4v) is 4.94. The molecule has 3 aromatic carbocycles. The van der Waals surface area contributed by atoms with Gasteiger partial charge in [-0.05, 0) is 42.5 Å². The van der Waals surface area contributed by atoms with E-state index in [-0.39, 0.29) is 11.0 Å². The Morgan fingerprint density at radius 1 is 0.969 bits per heavy atom. The molecule has 3 N–H and O–H groups in total. The largest absolute Gasteiger partial charge is 0.455 e. The molecular weight excluding hydrogens is 398 g/mol. The molecule has 160 valence electrons. The van der Waals surface area contributed by atoms with E-state index in [4.69, 9.17) is 10.2 Å². The van der Waals surface area contributed by atoms with Crippen molar-refractivity contribution < 1.29 is 4.42 Å². The van der Waals surface area contributed by atoms with Crippen molar-refractivity contribution in [3.8, 4) is 22.5 Å². The number of fused-ring (bicyclic) bond motifs is 3. The summed E-state index contributed by atoms with van der Waals surface area (Å²) in [6.45, 7) is 0.632. The van der Waals surface area contributed by atoms with E-state index in [1.165, 1.54) is 6.42 Å². The summed E-state index contributed by atoms with van der Waals surface area (Å²) in [5, 5.41) is 2.57. The summed E-state index contributed by atoms with van der Waals surface area (Å²) >= 11 is 0. The molecule has 0 atom stereocenters. The zero-order chi connectivity index (χ0) is 21.9. The molecule has 1 aliphatic heterocycles. The van der Waals surface area contributed by atoms with E-state index in [0.717, 1.165) is 40.8 Å². The number of nitrogens with one attached hydrogen (secondary N) is 1. The number of hydrogen-bond donors (Lipinski definition) is 2. The normalized spacial score (nSPS) is 16.8.